The molecule has 0 aliphatic rings. The van der Waals surface area contributed by atoms with Gasteiger partial charge in [0.25, 0.3) is 0 Å². The molecule has 4 nitrogen and oxygen atoms in total. The summed E-state index contributed by atoms with van der Waals surface area (Å²) in [6.45, 7) is 11.7. The summed E-state index contributed by atoms with van der Waals surface area (Å²) in [4.78, 5) is 22.3. The predicted molar refractivity (Wildman–Crippen MR) is 79.1 cm³/mol. The molecule has 0 aromatic rings. The van der Waals surface area contributed by atoms with Gasteiger partial charge in [-0.15, -0.1) is 0 Å². The minimum atomic E-state index is -1.02. The molecule has 0 aromatic carbocycles. The highest BCUT2D eigenvalue weighted by atomic mass is 16.4. The number of carboxylic acids is 2. The van der Waals surface area contributed by atoms with E-state index >= 15 is 0 Å². The third kappa shape index (κ3) is 5.01. The predicted octanol–water partition coefficient (Wildman–Crippen LogP) is 1.91. The van der Waals surface area contributed by atoms with E-state index in [0.29, 0.717) is 12.8 Å². The highest BCUT2D eigenvalue weighted by Crippen LogP contribution is 2.54. The summed E-state index contributed by atoms with van der Waals surface area (Å²) in [5.74, 6) is -2.01. The van der Waals surface area contributed by atoms with Crippen LogP contribution in [0.3, 0.4) is 0 Å². The quantitative estimate of drug-likeness (QED) is 0.641. The maximum absolute atomic E-state index is 11.9. The third-order valence-corrected chi connectivity index (χ3v) is 4.59. The van der Waals surface area contributed by atoms with Crippen molar-refractivity contribution in [1.82, 2.24) is 0 Å². The number of aliphatic carboxylic acids is 2. The highest BCUT2D eigenvalue weighted by Gasteiger charge is 2.51. The van der Waals surface area contributed by atoms with Gasteiger partial charge in [-0.1, -0.05) is 60.8 Å². The van der Waals surface area contributed by atoms with Gasteiger partial charge in [-0.05, 0) is 30.1 Å². The Morgan fingerprint density at radius 2 is 1.19 bits per heavy atom. The van der Waals surface area contributed by atoms with Gasteiger partial charge in [0.15, 0.2) is 0 Å². The van der Waals surface area contributed by atoms with Crippen LogP contribution in [-0.2, 0) is 9.59 Å². The van der Waals surface area contributed by atoms with Crippen LogP contribution in [0.1, 0.15) is 80.1 Å². The lowest BCUT2D eigenvalue weighted by Crippen LogP contribution is -2.57. The zero-order valence-electron chi connectivity index (χ0n) is 14.4. The van der Waals surface area contributed by atoms with Crippen molar-refractivity contribution in [2.75, 3.05) is 0 Å². The molecule has 0 fully saturated rings. The summed E-state index contributed by atoms with van der Waals surface area (Å²) in [5.41, 5.74) is -1.72. The van der Waals surface area contributed by atoms with Crippen molar-refractivity contribution in [3.05, 3.63) is 0 Å². The van der Waals surface area contributed by atoms with E-state index in [0.717, 1.165) is 19.3 Å². The monoisotopic (exact) mass is 298 g/mol. The fourth-order valence-corrected chi connectivity index (χ4v) is 3.60. The van der Waals surface area contributed by atoms with Crippen molar-refractivity contribution < 1.29 is 19.8 Å². The number of carboxylic acid groups (broad SMARTS) is 2. The largest absolute Gasteiger partial charge is 0.550 e. The summed E-state index contributed by atoms with van der Waals surface area (Å²) in [7, 11) is 0. The maximum atomic E-state index is 11.9. The molecular formula is C17H30O4-2. The molecule has 0 bridgehead atoms. The van der Waals surface area contributed by atoms with Crippen LogP contribution in [0, 0.1) is 16.2 Å². The lowest BCUT2D eigenvalue weighted by molar-refractivity contribution is -0.332. The van der Waals surface area contributed by atoms with E-state index in [1.54, 1.807) is 0 Å². The number of unbranched alkanes of at least 4 members (excludes halogenated alkanes) is 3. The van der Waals surface area contributed by atoms with Crippen molar-refractivity contribution >= 4 is 11.9 Å². The second-order valence-corrected chi connectivity index (χ2v) is 7.98. The molecular weight excluding hydrogens is 268 g/mol. The van der Waals surface area contributed by atoms with Crippen molar-refractivity contribution in [1.29, 1.82) is 0 Å². The Labute approximate surface area is 128 Å². The van der Waals surface area contributed by atoms with E-state index in [-0.39, 0.29) is 6.42 Å². The molecule has 0 aliphatic carbocycles. The lowest BCUT2D eigenvalue weighted by Gasteiger charge is -2.54. The molecule has 0 N–H and O–H groups in total. The molecule has 124 valence electrons. The van der Waals surface area contributed by atoms with Crippen LogP contribution in [0.5, 0.6) is 0 Å². The van der Waals surface area contributed by atoms with Crippen LogP contribution in [0.15, 0.2) is 0 Å². The first-order chi connectivity index (χ1) is 9.36. The van der Waals surface area contributed by atoms with Gasteiger partial charge in [-0.25, -0.2) is 0 Å². The maximum Gasteiger partial charge on any atom is 0.0486 e. The number of rotatable bonds is 8. The Bertz CT molecular complexity index is 344. The second-order valence-electron chi connectivity index (χ2n) is 7.98. The van der Waals surface area contributed by atoms with Gasteiger partial charge in [0.1, 0.15) is 0 Å². The molecule has 0 rings (SSSR count). The zero-order chi connectivity index (χ0) is 16.9. The third-order valence-electron chi connectivity index (χ3n) is 4.59. The smallest absolute Gasteiger partial charge is 0.0486 e. The molecule has 0 spiro atoms. The minimum Gasteiger partial charge on any atom is -0.550 e. The zero-order valence-corrected chi connectivity index (χ0v) is 14.4. The molecule has 0 radical (unpaired) electrons. The van der Waals surface area contributed by atoms with Gasteiger partial charge in [-0.3, -0.25) is 0 Å². The Balaban J connectivity index is 4.80. The van der Waals surface area contributed by atoms with E-state index in [1.807, 2.05) is 41.5 Å². The van der Waals surface area contributed by atoms with E-state index in [4.69, 9.17) is 0 Å². The molecule has 0 saturated heterocycles. The molecule has 0 amide bonds. The van der Waals surface area contributed by atoms with Crippen molar-refractivity contribution in [3.8, 4) is 0 Å². The topological polar surface area (TPSA) is 80.3 Å². The molecule has 0 aromatic heterocycles. The van der Waals surface area contributed by atoms with Gasteiger partial charge in [0, 0.05) is 17.4 Å². The average Bonchev–Trinajstić information content (AvgIpc) is 2.23. The molecule has 0 unspecified atom stereocenters. The van der Waals surface area contributed by atoms with Gasteiger partial charge < -0.3 is 19.8 Å². The van der Waals surface area contributed by atoms with Crippen LogP contribution in [-0.4, -0.2) is 11.9 Å². The summed E-state index contributed by atoms with van der Waals surface area (Å²) in [6.07, 6.45) is 3.58. The molecule has 0 atom stereocenters. The number of hydrogen-bond acceptors (Lipinski definition) is 4. The first-order valence-electron chi connectivity index (χ1n) is 7.77. The van der Waals surface area contributed by atoms with E-state index in [1.165, 1.54) is 0 Å². The van der Waals surface area contributed by atoms with Crippen LogP contribution < -0.4 is 10.2 Å². The highest BCUT2D eigenvalue weighted by molar-refractivity contribution is 5.74. The van der Waals surface area contributed by atoms with Crippen LogP contribution >= 0.6 is 0 Å². The fourth-order valence-electron chi connectivity index (χ4n) is 3.60. The number of hydrogen-bond donors (Lipinski definition) is 0. The average molecular weight is 298 g/mol. The summed E-state index contributed by atoms with van der Waals surface area (Å²) in [6, 6.07) is 0. The minimum absolute atomic E-state index is 0.0736. The standard InChI is InChI=1S/C17H32O4/c1-15(2,3)17(14(20)21,16(4,5)6)12-10-8-7-9-11-13(18)19/h7-12H2,1-6H3,(H,18,19)(H,20,21)/p-2. The molecule has 4 heteroatoms. The first-order valence-corrected chi connectivity index (χ1v) is 7.77. The molecule has 0 heterocycles. The van der Waals surface area contributed by atoms with Crippen LogP contribution in [0.2, 0.25) is 0 Å². The molecule has 21 heavy (non-hydrogen) atoms. The normalized spacial score (nSPS) is 13.2. The Morgan fingerprint density at radius 3 is 1.52 bits per heavy atom. The van der Waals surface area contributed by atoms with Gasteiger partial charge in [0.05, 0.1) is 0 Å². The summed E-state index contributed by atoms with van der Waals surface area (Å²) >= 11 is 0. The van der Waals surface area contributed by atoms with E-state index in [2.05, 4.69) is 0 Å². The van der Waals surface area contributed by atoms with E-state index < -0.39 is 28.2 Å². The van der Waals surface area contributed by atoms with Gasteiger partial charge in [-0.2, -0.15) is 0 Å². The number of carbonyl (C=O) groups excluding carboxylic acids is 2. The lowest BCUT2D eigenvalue weighted by atomic mass is 9.52. The Kier molecular flexibility index (Phi) is 6.91. The number of carbonyl (C=O) groups is 2. The van der Waals surface area contributed by atoms with Crippen LogP contribution in [0.4, 0.5) is 0 Å². The van der Waals surface area contributed by atoms with E-state index in [9.17, 15) is 19.8 Å². The Hall–Kier alpha value is -1.06. The first kappa shape index (κ1) is 19.9. The molecule has 0 saturated carbocycles. The fraction of sp³-hybridized carbons (Fsp3) is 0.882. The summed E-state index contributed by atoms with van der Waals surface area (Å²) in [5, 5.41) is 22.3. The van der Waals surface area contributed by atoms with Gasteiger partial charge in [0.2, 0.25) is 0 Å². The summed E-state index contributed by atoms with van der Waals surface area (Å²) < 4.78 is 0. The molecule has 0 aliphatic heterocycles. The van der Waals surface area contributed by atoms with Gasteiger partial charge >= 0.3 is 0 Å². The van der Waals surface area contributed by atoms with Crippen molar-refractivity contribution in [2.24, 2.45) is 16.2 Å². The SMILES string of the molecule is CC(C)(C)C(CCCCCCC(=O)[O-])(C(=O)[O-])C(C)(C)C. The van der Waals surface area contributed by atoms with Crippen LogP contribution in [0.25, 0.3) is 0 Å². The second kappa shape index (κ2) is 7.28. The Morgan fingerprint density at radius 1 is 0.762 bits per heavy atom. The van der Waals surface area contributed by atoms with Crippen molar-refractivity contribution in [2.45, 2.75) is 80.1 Å². The van der Waals surface area contributed by atoms with Crippen molar-refractivity contribution in [3.63, 3.8) is 0 Å².